The number of anilines is 1. The van der Waals surface area contributed by atoms with Crippen LogP contribution in [0.15, 0.2) is 42.5 Å². The van der Waals surface area contributed by atoms with Gasteiger partial charge < -0.3 is 15.6 Å². The van der Waals surface area contributed by atoms with E-state index in [9.17, 15) is 22.8 Å². The molecule has 1 saturated heterocycles. The Kier molecular flexibility index (Phi) is 6.69. The van der Waals surface area contributed by atoms with E-state index in [1.807, 2.05) is 12.1 Å². The van der Waals surface area contributed by atoms with Crippen LogP contribution in [0.2, 0.25) is 0 Å². The Morgan fingerprint density at radius 3 is 2.55 bits per heavy atom. The number of carbonyl (C=O) groups excluding carboxylic acids is 2. The van der Waals surface area contributed by atoms with E-state index in [1.165, 1.54) is 11.1 Å². The van der Waals surface area contributed by atoms with E-state index in [-0.39, 0.29) is 5.91 Å². The number of nitrogens with zero attached hydrogens (tertiary/aromatic N) is 1. The first-order chi connectivity index (χ1) is 15.8. The van der Waals surface area contributed by atoms with Gasteiger partial charge in [-0.1, -0.05) is 18.2 Å². The molecule has 1 aromatic heterocycles. The Bertz CT molecular complexity index is 1140. The summed E-state index contributed by atoms with van der Waals surface area (Å²) in [5.74, 6) is -5.18. The number of rotatable bonds is 6. The number of para-hydroxylation sites is 1. The lowest BCUT2D eigenvalue weighted by Gasteiger charge is -2.35. The molecule has 1 aliphatic heterocycles. The second-order valence-corrected chi connectivity index (χ2v) is 8.29. The maximum atomic E-state index is 13.7. The molecule has 0 bridgehead atoms. The molecule has 4 rings (SSSR count). The molecule has 1 atom stereocenters. The summed E-state index contributed by atoms with van der Waals surface area (Å²) >= 11 is 0. The van der Waals surface area contributed by atoms with Crippen LogP contribution < -0.4 is 10.6 Å². The van der Waals surface area contributed by atoms with Crippen molar-refractivity contribution in [2.24, 2.45) is 0 Å². The van der Waals surface area contributed by atoms with E-state index in [2.05, 4.69) is 38.7 Å². The summed E-state index contributed by atoms with van der Waals surface area (Å²) in [4.78, 5) is 30.1. The van der Waals surface area contributed by atoms with E-state index in [1.54, 1.807) is 6.92 Å². The van der Waals surface area contributed by atoms with Crippen molar-refractivity contribution < 1.29 is 22.8 Å². The second kappa shape index (κ2) is 9.66. The molecule has 2 heterocycles. The lowest BCUT2D eigenvalue weighted by Crippen LogP contribution is -2.49. The predicted octanol–water partition coefficient (Wildman–Crippen LogP) is 3.91. The molecule has 2 aromatic carbocycles. The average molecular weight is 458 g/mol. The number of hydrogen-bond acceptors (Lipinski definition) is 3. The molecule has 3 N–H and O–H groups in total. The topological polar surface area (TPSA) is 77.2 Å². The van der Waals surface area contributed by atoms with Crippen molar-refractivity contribution in [1.29, 1.82) is 0 Å². The fourth-order valence-electron chi connectivity index (χ4n) is 4.21. The normalized spacial score (nSPS) is 16.0. The first-order valence-corrected chi connectivity index (χ1v) is 10.9. The summed E-state index contributed by atoms with van der Waals surface area (Å²) < 4.78 is 40.0. The first-order valence-electron chi connectivity index (χ1n) is 10.9. The van der Waals surface area contributed by atoms with Crippen LogP contribution in [0.25, 0.3) is 10.9 Å². The fraction of sp³-hybridized carbons (Fsp3) is 0.333. The van der Waals surface area contributed by atoms with E-state index in [0.29, 0.717) is 12.0 Å². The van der Waals surface area contributed by atoms with Crippen LogP contribution in [0.4, 0.5) is 18.9 Å². The highest BCUT2D eigenvalue weighted by molar-refractivity contribution is 5.95. The number of likely N-dealkylation sites (tertiary alicyclic amines) is 1. The van der Waals surface area contributed by atoms with Crippen molar-refractivity contribution in [3.8, 4) is 0 Å². The average Bonchev–Trinajstić information content (AvgIpc) is 3.27. The van der Waals surface area contributed by atoms with Gasteiger partial charge in [0.05, 0.1) is 18.3 Å². The molecule has 33 heavy (non-hydrogen) atoms. The molecule has 6 nitrogen and oxygen atoms in total. The maximum Gasteiger partial charge on any atom is 0.243 e. The van der Waals surface area contributed by atoms with Gasteiger partial charge in [0.15, 0.2) is 17.5 Å². The number of carbonyl (C=O) groups is 2. The summed E-state index contributed by atoms with van der Waals surface area (Å²) in [7, 11) is 0. The number of fused-ring (bicyclic) bond motifs is 1. The Morgan fingerprint density at radius 1 is 1.09 bits per heavy atom. The molecule has 0 saturated carbocycles. The van der Waals surface area contributed by atoms with Crippen LogP contribution in [0.1, 0.15) is 31.4 Å². The smallest absolute Gasteiger partial charge is 0.243 e. The van der Waals surface area contributed by atoms with E-state index >= 15 is 0 Å². The van der Waals surface area contributed by atoms with Crippen molar-refractivity contribution in [3.63, 3.8) is 0 Å². The van der Waals surface area contributed by atoms with Gasteiger partial charge in [-0.3, -0.25) is 14.5 Å². The fourth-order valence-corrected chi connectivity index (χ4v) is 4.21. The third-order valence-electron chi connectivity index (χ3n) is 6.18. The Labute approximate surface area is 189 Å². The van der Waals surface area contributed by atoms with Gasteiger partial charge in [-0.25, -0.2) is 13.2 Å². The second-order valence-electron chi connectivity index (χ2n) is 8.29. The maximum absolute atomic E-state index is 13.7. The summed E-state index contributed by atoms with van der Waals surface area (Å²) in [6, 6.07) is 11.5. The zero-order valence-corrected chi connectivity index (χ0v) is 18.1. The summed E-state index contributed by atoms with van der Waals surface area (Å²) in [6.45, 7) is 2.83. The van der Waals surface area contributed by atoms with Crippen molar-refractivity contribution in [1.82, 2.24) is 15.2 Å². The number of nitrogens with one attached hydrogen (secondary N) is 3. The van der Waals surface area contributed by atoms with Crippen LogP contribution in [0.3, 0.4) is 0 Å². The minimum absolute atomic E-state index is 0.333. The van der Waals surface area contributed by atoms with Crippen molar-refractivity contribution in [3.05, 3.63) is 65.6 Å². The highest BCUT2D eigenvalue weighted by Gasteiger charge is 2.28. The highest BCUT2D eigenvalue weighted by atomic mass is 19.2. The third kappa shape index (κ3) is 5.03. The predicted molar refractivity (Wildman–Crippen MR) is 119 cm³/mol. The van der Waals surface area contributed by atoms with Gasteiger partial charge in [0, 0.05) is 17.1 Å². The zero-order chi connectivity index (χ0) is 23.5. The standard InChI is InChI=1S/C24H25F3N4O2/c1-14(24(33)28-13-21(32)30-19-7-6-17(25)22(26)23(19)27)31-10-8-15(9-11-31)20-12-16-4-2-3-5-18(16)29-20/h2-7,12,14-15,29H,8-11,13H2,1H3,(H,28,33)(H,30,32). The quantitative estimate of drug-likeness (QED) is 0.491. The van der Waals surface area contributed by atoms with E-state index in [0.717, 1.165) is 37.5 Å². The summed E-state index contributed by atoms with van der Waals surface area (Å²) in [6.07, 6.45) is 1.81. The van der Waals surface area contributed by atoms with Gasteiger partial charge in [0.1, 0.15) is 0 Å². The Balaban J connectivity index is 1.25. The molecule has 0 spiro atoms. The Morgan fingerprint density at radius 2 is 1.82 bits per heavy atom. The lowest BCUT2D eigenvalue weighted by molar-refractivity contribution is -0.128. The molecule has 1 unspecified atom stereocenters. The number of aromatic amines is 1. The molecule has 3 aromatic rings. The molecule has 2 amide bonds. The number of amides is 2. The van der Waals surface area contributed by atoms with Crippen LogP contribution >= 0.6 is 0 Å². The Hall–Kier alpha value is -3.33. The van der Waals surface area contributed by atoms with Gasteiger partial charge in [0.25, 0.3) is 0 Å². The number of hydrogen-bond donors (Lipinski definition) is 3. The van der Waals surface area contributed by atoms with Gasteiger partial charge in [-0.15, -0.1) is 0 Å². The van der Waals surface area contributed by atoms with Gasteiger partial charge >= 0.3 is 0 Å². The molecule has 1 fully saturated rings. The molecule has 174 valence electrons. The SMILES string of the molecule is CC(C(=O)NCC(=O)Nc1ccc(F)c(F)c1F)N1CCC(c2cc3ccccc3[nH]2)CC1. The molecule has 1 aliphatic rings. The number of aromatic nitrogens is 1. The van der Waals surface area contributed by atoms with Crippen molar-refractivity contribution in [2.75, 3.05) is 25.0 Å². The monoisotopic (exact) mass is 458 g/mol. The van der Waals surface area contributed by atoms with Gasteiger partial charge in [-0.05, 0) is 62.5 Å². The number of H-pyrrole nitrogens is 1. The molecular formula is C24H25F3N4O2. The van der Waals surface area contributed by atoms with E-state index in [4.69, 9.17) is 0 Å². The molecule has 0 aliphatic carbocycles. The molecule has 9 heteroatoms. The lowest BCUT2D eigenvalue weighted by atomic mass is 9.92. The van der Waals surface area contributed by atoms with Gasteiger partial charge in [-0.2, -0.15) is 0 Å². The van der Waals surface area contributed by atoms with Crippen LogP contribution in [-0.2, 0) is 9.59 Å². The highest BCUT2D eigenvalue weighted by Crippen LogP contribution is 2.30. The summed E-state index contributed by atoms with van der Waals surface area (Å²) in [5, 5.41) is 5.84. The largest absolute Gasteiger partial charge is 0.358 e. The van der Waals surface area contributed by atoms with E-state index < -0.39 is 41.6 Å². The minimum atomic E-state index is -1.67. The minimum Gasteiger partial charge on any atom is -0.358 e. The van der Waals surface area contributed by atoms with Crippen LogP contribution in [0.5, 0.6) is 0 Å². The third-order valence-corrected chi connectivity index (χ3v) is 6.18. The van der Waals surface area contributed by atoms with Crippen molar-refractivity contribution >= 4 is 28.4 Å². The molecule has 0 radical (unpaired) electrons. The van der Waals surface area contributed by atoms with Crippen LogP contribution in [0, 0.1) is 17.5 Å². The van der Waals surface area contributed by atoms with Crippen LogP contribution in [-0.4, -0.2) is 47.4 Å². The van der Waals surface area contributed by atoms with Gasteiger partial charge in [0.2, 0.25) is 11.8 Å². The number of halogens is 3. The zero-order valence-electron chi connectivity index (χ0n) is 18.1. The first kappa shape index (κ1) is 22.8. The molecular weight excluding hydrogens is 433 g/mol. The summed E-state index contributed by atoms with van der Waals surface area (Å²) in [5.41, 5.74) is 1.83. The van der Waals surface area contributed by atoms with Crippen molar-refractivity contribution in [2.45, 2.75) is 31.7 Å². The number of benzene rings is 2. The number of piperidine rings is 1.